The molecule has 1 rings (SSSR count). The van der Waals surface area contributed by atoms with E-state index in [-0.39, 0.29) is 5.78 Å². The first-order valence-electron chi connectivity index (χ1n) is 5.45. The van der Waals surface area contributed by atoms with Gasteiger partial charge < -0.3 is 4.74 Å². The van der Waals surface area contributed by atoms with Crippen molar-refractivity contribution in [3.05, 3.63) is 47.5 Å². The van der Waals surface area contributed by atoms with Gasteiger partial charge in [0.25, 0.3) is 0 Å². The van der Waals surface area contributed by atoms with Crippen molar-refractivity contribution in [2.24, 2.45) is 0 Å². The smallest absolute Gasteiger partial charge is 0.330 e. The van der Waals surface area contributed by atoms with Gasteiger partial charge in [0.2, 0.25) is 0 Å². The molecule has 0 aliphatic carbocycles. The fourth-order valence-corrected chi connectivity index (χ4v) is 1.34. The highest BCUT2D eigenvalue weighted by atomic mass is 16.5. The summed E-state index contributed by atoms with van der Waals surface area (Å²) in [5.41, 5.74) is 1.74. The van der Waals surface area contributed by atoms with Crippen LogP contribution in [0.25, 0.3) is 0 Å². The van der Waals surface area contributed by atoms with Gasteiger partial charge in [-0.05, 0) is 17.6 Å². The van der Waals surface area contributed by atoms with Crippen molar-refractivity contribution in [2.45, 2.75) is 19.8 Å². The Hall–Kier alpha value is -1.90. The predicted octanol–water partition coefficient (Wildman–Crippen LogP) is 2.72. The van der Waals surface area contributed by atoms with Gasteiger partial charge in [0.1, 0.15) is 0 Å². The number of rotatable bonds is 4. The number of benzene rings is 1. The molecule has 0 spiro atoms. The third-order valence-corrected chi connectivity index (χ3v) is 2.43. The van der Waals surface area contributed by atoms with Gasteiger partial charge in [0.15, 0.2) is 5.78 Å². The lowest BCUT2D eigenvalue weighted by molar-refractivity contribution is -0.134. The number of ketones is 1. The number of hydrogen-bond donors (Lipinski definition) is 0. The quantitative estimate of drug-likeness (QED) is 0.455. The van der Waals surface area contributed by atoms with Crippen LogP contribution in [0.2, 0.25) is 0 Å². The SMILES string of the molecule is COC(=O)/C=C/C(=O)c1ccc(C(C)C)cc1. The molecule has 0 aliphatic rings. The highest BCUT2D eigenvalue weighted by Crippen LogP contribution is 2.15. The molecule has 3 heteroatoms. The Morgan fingerprint density at radius 3 is 2.18 bits per heavy atom. The van der Waals surface area contributed by atoms with E-state index in [2.05, 4.69) is 18.6 Å². The molecule has 1 aromatic carbocycles. The van der Waals surface area contributed by atoms with Gasteiger partial charge in [0, 0.05) is 11.6 Å². The van der Waals surface area contributed by atoms with E-state index in [9.17, 15) is 9.59 Å². The van der Waals surface area contributed by atoms with Gasteiger partial charge in [-0.15, -0.1) is 0 Å². The number of ether oxygens (including phenoxy) is 1. The maximum atomic E-state index is 11.7. The standard InChI is InChI=1S/C14H16O3/c1-10(2)11-4-6-12(7-5-11)13(15)8-9-14(16)17-3/h4-10H,1-3H3/b9-8+. The molecule has 0 heterocycles. The molecule has 1 aromatic rings. The first-order chi connectivity index (χ1) is 8.04. The molecule has 0 amide bonds. The van der Waals surface area contributed by atoms with Crippen molar-refractivity contribution >= 4 is 11.8 Å². The molecule has 90 valence electrons. The molecule has 3 nitrogen and oxygen atoms in total. The molecule has 0 saturated carbocycles. The van der Waals surface area contributed by atoms with Crippen LogP contribution in [0.3, 0.4) is 0 Å². The van der Waals surface area contributed by atoms with Crippen LogP contribution in [0.4, 0.5) is 0 Å². The second kappa shape index (κ2) is 5.99. The van der Waals surface area contributed by atoms with Crippen LogP contribution in [-0.4, -0.2) is 18.9 Å². The summed E-state index contributed by atoms with van der Waals surface area (Å²) in [4.78, 5) is 22.5. The summed E-state index contributed by atoms with van der Waals surface area (Å²) in [7, 11) is 1.27. The minimum absolute atomic E-state index is 0.203. The molecule has 0 unspecified atom stereocenters. The highest BCUT2D eigenvalue weighted by Gasteiger charge is 2.04. The molecule has 17 heavy (non-hydrogen) atoms. The topological polar surface area (TPSA) is 43.4 Å². The Bertz CT molecular complexity index is 427. The van der Waals surface area contributed by atoms with Crippen molar-refractivity contribution in [3.63, 3.8) is 0 Å². The zero-order valence-electron chi connectivity index (χ0n) is 10.3. The average molecular weight is 232 g/mol. The lowest BCUT2D eigenvalue weighted by Gasteiger charge is -2.04. The predicted molar refractivity (Wildman–Crippen MR) is 66.0 cm³/mol. The number of carbonyl (C=O) groups excluding carboxylic acids is 2. The minimum atomic E-state index is -0.530. The fraction of sp³-hybridized carbons (Fsp3) is 0.286. The van der Waals surface area contributed by atoms with Crippen molar-refractivity contribution in [1.82, 2.24) is 0 Å². The van der Waals surface area contributed by atoms with Crippen LogP contribution in [0.15, 0.2) is 36.4 Å². The molecule has 0 atom stereocenters. The molecule has 0 aliphatic heterocycles. The van der Waals surface area contributed by atoms with Gasteiger partial charge in [-0.25, -0.2) is 4.79 Å². The van der Waals surface area contributed by atoms with Gasteiger partial charge in [-0.1, -0.05) is 38.1 Å². The van der Waals surface area contributed by atoms with Crippen LogP contribution >= 0.6 is 0 Å². The summed E-state index contributed by atoms with van der Waals surface area (Å²) in [5, 5.41) is 0. The molecule has 0 radical (unpaired) electrons. The second-order valence-corrected chi connectivity index (χ2v) is 4.00. The highest BCUT2D eigenvalue weighted by molar-refractivity contribution is 6.06. The van der Waals surface area contributed by atoms with E-state index in [1.807, 2.05) is 12.1 Å². The Morgan fingerprint density at radius 2 is 1.71 bits per heavy atom. The third kappa shape index (κ3) is 3.87. The van der Waals surface area contributed by atoms with Crippen LogP contribution in [-0.2, 0) is 9.53 Å². The lowest BCUT2D eigenvalue weighted by Crippen LogP contribution is -1.99. The Morgan fingerprint density at radius 1 is 1.12 bits per heavy atom. The number of methoxy groups -OCH3 is 1. The van der Waals surface area contributed by atoms with Crippen LogP contribution < -0.4 is 0 Å². The van der Waals surface area contributed by atoms with Crippen LogP contribution in [0, 0.1) is 0 Å². The molecular formula is C14H16O3. The summed E-state index contributed by atoms with van der Waals surface area (Å²) in [6, 6.07) is 7.37. The number of allylic oxidation sites excluding steroid dienone is 1. The normalized spacial score (nSPS) is 10.8. The van der Waals surface area contributed by atoms with Gasteiger partial charge in [-0.2, -0.15) is 0 Å². The zero-order valence-corrected chi connectivity index (χ0v) is 10.3. The van der Waals surface area contributed by atoms with Crippen molar-refractivity contribution in [2.75, 3.05) is 7.11 Å². The van der Waals surface area contributed by atoms with E-state index in [4.69, 9.17) is 0 Å². The number of esters is 1. The average Bonchev–Trinajstić information content (AvgIpc) is 2.35. The first-order valence-corrected chi connectivity index (χ1v) is 5.45. The van der Waals surface area contributed by atoms with E-state index in [1.54, 1.807) is 12.1 Å². The molecular weight excluding hydrogens is 216 g/mol. The minimum Gasteiger partial charge on any atom is -0.466 e. The summed E-state index contributed by atoms with van der Waals surface area (Å²) < 4.78 is 4.41. The molecule has 0 fully saturated rings. The Kier molecular flexibility index (Phi) is 4.64. The molecule has 0 bridgehead atoms. The fourth-order valence-electron chi connectivity index (χ4n) is 1.34. The first kappa shape index (κ1) is 13.2. The van der Waals surface area contributed by atoms with E-state index < -0.39 is 5.97 Å². The van der Waals surface area contributed by atoms with Crippen LogP contribution in [0.1, 0.15) is 35.7 Å². The molecule has 0 N–H and O–H groups in total. The van der Waals surface area contributed by atoms with Gasteiger partial charge >= 0.3 is 5.97 Å². The number of hydrogen-bond acceptors (Lipinski definition) is 3. The Balaban J connectivity index is 2.77. The van der Waals surface area contributed by atoms with Gasteiger partial charge in [-0.3, -0.25) is 4.79 Å². The summed E-state index contributed by atoms with van der Waals surface area (Å²) in [6.45, 7) is 4.18. The van der Waals surface area contributed by atoms with Crippen molar-refractivity contribution < 1.29 is 14.3 Å². The monoisotopic (exact) mass is 232 g/mol. The number of carbonyl (C=O) groups is 2. The maximum Gasteiger partial charge on any atom is 0.330 e. The lowest BCUT2D eigenvalue weighted by atomic mass is 10.0. The zero-order chi connectivity index (χ0) is 12.8. The largest absolute Gasteiger partial charge is 0.466 e. The van der Waals surface area contributed by atoms with Crippen molar-refractivity contribution in [3.8, 4) is 0 Å². The molecule has 0 saturated heterocycles. The van der Waals surface area contributed by atoms with Crippen LogP contribution in [0.5, 0.6) is 0 Å². The summed E-state index contributed by atoms with van der Waals surface area (Å²) >= 11 is 0. The molecule has 0 aromatic heterocycles. The van der Waals surface area contributed by atoms with E-state index in [1.165, 1.54) is 18.7 Å². The van der Waals surface area contributed by atoms with Crippen molar-refractivity contribution in [1.29, 1.82) is 0 Å². The Labute approximate surface area is 101 Å². The summed E-state index contributed by atoms with van der Waals surface area (Å²) in [6.07, 6.45) is 2.34. The second-order valence-electron chi connectivity index (χ2n) is 4.00. The van der Waals surface area contributed by atoms with E-state index in [0.29, 0.717) is 11.5 Å². The van der Waals surface area contributed by atoms with E-state index in [0.717, 1.165) is 6.08 Å². The summed E-state index contributed by atoms with van der Waals surface area (Å²) in [5.74, 6) is -0.299. The van der Waals surface area contributed by atoms with Gasteiger partial charge in [0.05, 0.1) is 7.11 Å². The van der Waals surface area contributed by atoms with E-state index >= 15 is 0 Å². The third-order valence-electron chi connectivity index (χ3n) is 2.43. The maximum absolute atomic E-state index is 11.7.